The van der Waals surface area contributed by atoms with Gasteiger partial charge in [0.1, 0.15) is 5.01 Å². The molecule has 1 rings (SSSR count). The summed E-state index contributed by atoms with van der Waals surface area (Å²) in [7, 11) is 0. The molecule has 0 aromatic carbocycles. The predicted molar refractivity (Wildman–Crippen MR) is 72.0 cm³/mol. The first-order valence-electron chi connectivity index (χ1n) is 6.08. The highest BCUT2D eigenvalue weighted by atomic mass is 32.1. The maximum atomic E-state index is 4.60. The van der Waals surface area contributed by atoms with Gasteiger partial charge in [-0.25, -0.2) is 4.98 Å². The second-order valence-corrected chi connectivity index (χ2v) is 6.49. The van der Waals surface area contributed by atoms with Crippen LogP contribution in [0.3, 0.4) is 0 Å². The zero-order chi connectivity index (χ0) is 12.2. The average molecular weight is 240 g/mol. The highest BCUT2D eigenvalue weighted by molar-refractivity contribution is 7.09. The molecule has 0 spiro atoms. The maximum Gasteiger partial charge on any atom is 0.110 e. The van der Waals surface area contributed by atoms with Crippen molar-refractivity contribution in [1.29, 1.82) is 0 Å². The standard InChI is InChI=1S/C13H24N2S/c1-6-7-14-11(8-13(3,4)5)12-15-10(2)9-16-12/h9,11,14H,6-8H2,1-5H3. The van der Waals surface area contributed by atoms with Crippen LogP contribution in [0.25, 0.3) is 0 Å². The summed E-state index contributed by atoms with van der Waals surface area (Å²) in [6, 6.07) is 0.415. The van der Waals surface area contributed by atoms with Gasteiger partial charge in [0.25, 0.3) is 0 Å². The highest BCUT2D eigenvalue weighted by Crippen LogP contribution is 2.30. The molecule has 0 radical (unpaired) electrons. The van der Waals surface area contributed by atoms with E-state index in [1.165, 1.54) is 11.4 Å². The van der Waals surface area contributed by atoms with E-state index in [4.69, 9.17) is 0 Å². The molecule has 0 aliphatic heterocycles. The van der Waals surface area contributed by atoms with E-state index in [1.807, 2.05) is 0 Å². The summed E-state index contributed by atoms with van der Waals surface area (Å²) < 4.78 is 0. The molecule has 1 atom stereocenters. The van der Waals surface area contributed by atoms with Crippen molar-refractivity contribution in [2.45, 2.75) is 53.5 Å². The number of nitrogens with one attached hydrogen (secondary N) is 1. The Kier molecular flexibility index (Phi) is 4.93. The summed E-state index contributed by atoms with van der Waals surface area (Å²) in [5.74, 6) is 0. The number of hydrogen-bond acceptors (Lipinski definition) is 3. The summed E-state index contributed by atoms with van der Waals surface area (Å²) in [5, 5.41) is 6.98. The van der Waals surface area contributed by atoms with Crippen molar-refractivity contribution < 1.29 is 0 Å². The van der Waals surface area contributed by atoms with Crippen molar-refractivity contribution in [3.05, 3.63) is 16.1 Å². The van der Waals surface area contributed by atoms with E-state index < -0.39 is 0 Å². The lowest BCUT2D eigenvalue weighted by Crippen LogP contribution is -2.26. The first-order chi connectivity index (χ1) is 7.42. The van der Waals surface area contributed by atoms with Gasteiger partial charge in [0, 0.05) is 11.1 Å². The van der Waals surface area contributed by atoms with Crippen LogP contribution in [0, 0.1) is 12.3 Å². The van der Waals surface area contributed by atoms with Gasteiger partial charge in [-0.2, -0.15) is 0 Å². The van der Waals surface area contributed by atoms with Crippen molar-refractivity contribution in [3.8, 4) is 0 Å². The lowest BCUT2D eigenvalue weighted by molar-refractivity contribution is 0.311. The minimum absolute atomic E-state index is 0.338. The van der Waals surface area contributed by atoms with Crippen molar-refractivity contribution >= 4 is 11.3 Å². The van der Waals surface area contributed by atoms with Crippen LogP contribution in [0.2, 0.25) is 0 Å². The molecule has 2 nitrogen and oxygen atoms in total. The summed E-state index contributed by atoms with van der Waals surface area (Å²) in [6.07, 6.45) is 2.31. The van der Waals surface area contributed by atoms with Crippen LogP contribution < -0.4 is 5.32 Å². The van der Waals surface area contributed by atoms with Crippen LogP contribution in [0.5, 0.6) is 0 Å². The number of nitrogens with zero attached hydrogens (tertiary/aromatic N) is 1. The lowest BCUT2D eigenvalue weighted by atomic mass is 9.88. The fourth-order valence-electron chi connectivity index (χ4n) is 1.71. The zero-order valence-corrected chi connectivity index (χ0v) is 11.9. The molecule has 3 heteroatoms. The molecule has 1 aromatic rings. The van der Waals surface area contributed by atoms with E-state index in [0.29, 0.717) is 11.5 Å². The molecule has 1 unspecified atom stereocenters. The summed E-state index contributed by atoms with van der Waals surface area (Å²) in [5.41, 5.74) is 1.47. The molecule has 92 valence electrons. The molecule has 1 heterocycles. The van der Waals surface area contributed by atoms with Gasteiger partial charge in [-0.1, -0.05) is 27.7 Å². The van der Waals surface area contributed by atoms with E-state index in [1.54, 1.807) is 11.3 Å². The van der Waals surface area contributed by atoms with Gasteiger partial charge in [-0.15, -0.1) is 11.3 Å². The Balaban J connectivity index is 2.71. The third kappa shape index (κ3) is 4.62. The Labute approximate surface area is 103 Å². The quantitative estimate of drug-likeness (QED) is 0.843. The molecule has 0 saturated carbocycles. The van der Waals surface area contributed by atoms with Crippen molar-refractivity contribution in [2.75, 3.05) is 6.54 Å². The van der Waals surface area contributed by atoms with Crippen LogP contribution in [-0.2, 0) is 0 Å². The molecular weight excluding hydrogens is 216 g/mol. The van der Waals surface area contributed by atoms with Gasteiger partial charge in [0.2, 0.25) is 0 Å². The first kappa shape index (κ1) is 13.7. The van der Waals surface area contributed by atoms with E-state index in [2.05, 4.69) is 50.3 Å². The Morgan fingerprint density at radius 3 is 2.56 bits per heavy atom. The van der Waals surface area contributed by atoms with E-state index >= 15 is 0 Å². The third-order valence-electron chi connectivity index (χ3n) is 2.39. The number of rotatable bonds is 5. The molecule has 1 N–H and O–H groups in total. The van der Waals surface area contributed by atoms with Gasteiger partial charge in [0.05, 0.1) is 6.04 Å². The third-order valence-corrected chi connectivity index (χ3v) is 3.47. The van der Waals surface area contributed by atoms with Gasteiger partial charge in [0.15, 0.2) is 0 Å². The Morgan fingerprint density at radius 2 is 2.12 bits per heavy atom. The fraction of sp³-hybridized carbons (Fsp3) is 0.769. The van der Waals surface area contributed by atoms with E-state index in [-0.39, 0.29) is 0 Å². The fourth-order valence-corrected chi connectivity index (χ4v) is 2.58. The number of thiazole rings is 1. The van der Waals surface area contributed by atoms with Gasteiger partial charge in [-0.05, 0) is 31.7 Å². The largest absolute Gasteiger partial charge is 0.308 e. The predicted octanol–water partition coefficient (Wildman–Crippen LogP) is 3.93. The highest BCUT2D eigenvalue weighted by Gasteiger charge is 2.21. The van der Waals surface area contributed by atoms with E-state index in [9.17, 15) is 0 Å². The SMILES string of the molecule is CCCNC(CC(C)(C)C)c1nc(C)cs1. The lowest BCUT2D eigenvalue weighted by Gasteiger charge is -2.25. The van der Waals surface area contributed by atoms with Crippen LogP contribution in [0.15, 0.2) is 5.38 Å². The Bertz CT molecular complexity index is 312. The smallest absolute Gasteiger partial charge is 0.110 e. The molecule has 0 bridgehead atoms. The monoisotopic (exact) mass is 240 g/mol. The molecular formula is C13H24N2S. The molecule has 0 fully saturated rings. The summed E-state index contributed by atoms with van der Waals surface area (Å²) in [6.45, 7) is 12.2. The molecule has 0 amide bonds. The molecule has 0 aliphatic carbocycles. The minimum Gasteiger partial charge on any atom is -0.308 e. The summed E-state index contributed by atoms with van der Waals surface area (Å²) >= 11 is 1.78. The normalized spacial score (nSPS) is 14.1. The van der Waals surface area contributed by atoms with Gasteiger partial charge in [-0.3, -0.25) is 0 Å². The average Bonchev–Trinajstić information content (AvgIpc) is 2.57. The van der Waals surface area contributed by atoms with Crippen molar-refractivity contribution in [3.63, 3.8) is 0 Å². The molecule has 0 aliphatic rings. The minimum atomic E-state index is 0.338. The second-order valence-electron chi connectivity index (χ2n) is 5.60. The van der Waals surface area contributed by atoms with Gasteiger partial charge < -0.3 is 5.32 Å². The Hall–Kier alpha value is -0.410. The second kappa shape index (κ2) is 5.78. The topological polar surface area (TPSA) is 24.9 Å². The van der Waals surface area contributed by atoms with Crippen LogP contribution in [0.4, 0.5) is 0 Å². The van der Waals surface area contributed by atoms with Crippen molar-refractivity contribution in [2.24, 2.45) is 5.41 Å². The molecule has 16 heavy (non-hydrogen) atoms. The van der Waals surface area contributed by atoms with Crippen molar-refractivity contribution in [1.82, 2.24) is 10.3 Å². The maximum absolute atomic E-state index is 4.60. The summed E-state index contributed by atoms with van der Waals surface area (Å²) in [4.78, 5) is 4.60. The van der Waals surface area contributed by atoms with Crippen LogP contribution >= 0.6 is 11.3 Å². The number of aromatic nitrogens is 1. The Morgan fingerprint density at radius 1 is 1.44 bits per heavy atom. The molecule has 0 saturated heterocycles. The number of hydrogen-bond donors (Lipinski definition) is 1. The first-order valence-corrected chi connectivity index (χ1v) is 6.96. The van der Waals surface area contributed by atoms with E-state index in [0.717, 1.165) is 18.7 Å². The zero-order valence-electron chi connectivity index (χ0n) is 11.1. The van der Waals surface area contributed by atoms with Crippen LogP contribution in [0.1, 0.15) is 57.3 Å². The van der Waals surface area contributed by atoms with Gasteiger partial charge >= 0.3 is 0 Å². The number of aryl methyl sites for hydroxylation is 1. The molecule has 1 aromatic heterocycles. The van der Waals surface area contributed by atoms with Crippen LogP contribution in [-0.4, -0.2) is 11.5 Å².